The van der Waals surface area contributed by atoms with Gasteiger partial charge in [0.2, 0.25) is 6.10 Å². The number of aliphatic hydroxyl groups excluding tert-OH is 1. The molecule has 2 unspecified atom stereocenters. The van der Waals surface area contributed by atoms with Gasteiger partial charge in [0.05, 0.1) is 14.2 Å². The zero-order valence-electron chi connectivity index (χ0n) is 12.1. The van der Waals surface area contributed by atoms with Crippen LogP contribution in [0.1, 0.15) is 5.56 Å². The van der Waals surface area contributed by atoms with Crippen LogP contribution in [0.4, 0.5) is 4.79 Å². The molecule has 0 aliphatic heterocycles. The molecule has 0 radical (unpaired) electrons. The minimum absolute atomic E-state index is 0.0954. The molecule has 0 fully saturated rings. The molecule has 22 heavy (non-hydrogen) atoms. The Morgan fingerprint density at radius 3 is 2.18 bits per heavy atom. The second kappa shape index (κ2) is 8.63. The molecule has 0 spiro atoms. The van der Waals surface area contributed by atoms with E-state index in [4.69, 9.17) is 4.74 Å². The topological polar surface area (TPSA) is 108 Å². The summed E-state index contributed by atoms with van der Waals surface area (Å²) in [5, 5.41) is 9.60. The third-order valence-electron chi connectivity index (χ3n) is 2.59. The van der Waals surface area contributed by atoms with E-state index in [1.165, 1.54) is 0 Å². The number of esters is 2. The molecule has 0 amide bonds. The van der Waals surface area contributed by atoms with Crippen LogP contribution in [0, 0.1) is 0 Å². The van der Waals surface area contributed by atoms with Crippen LogP contribution in [0.5, 0.6) is 0 Å². The second-order valence-electron chi connectivity index (χ2n) is 4.05. The van der Waals surface area contributed by atoms with Gasteiger partial charge in [-0.15, -0.1) is 0 Å². The summed E-state index contributed by atoms with van der Waals surface area (Å²) < 4.78 is 18.0. The van der Waals surface area contributed by atoms with E-state index in [1.54, 1.807) is 30.3 Å². The van der Waals surface area contributed by atoms with E-state index in [0.717, 1.165) is 14.2 Å². The summed E-state index contributed by atoms with van der Waals surface area (Å²) in [5.41, 5.74) is 0.697. The van der Waals surface area contributed by atoms with Crippen LogP contribution in [-0.4, -0.2) is 49.6 Å². The molecule has 8 heteroatoms. The molecule has 0 aliphatic carbocycles. The van der Waals surface area contributed by atoms with Crippen LogP contribution < -0.4 is 0 Å². The highest BCUT2D eigenvalue weighted by atomic mass is 16.7. The lowest BCUT2D eigenvalue weighted by Crippen LogP contribution is -2.44. The molecule has 1 N–H and O–H groups in total. The molecule has 0 aliphatic rings. The van der Waals surface area contributed by atoms with Gasteiger partial charge in [0.25, 0.3) is 0 Å². The van der Waals surface area contributed by atoms with Gasteiger partial charge >= 0.3 is 18.1 Å². The largest absolute Gasteiger partial charge is 0.509 e. The maximum Gasteiger partial charge on any atom is 0.509 e. The Hall–Kier alpha value is -2.61. The summed E-state index contributed by atoms with van der Waals surface area (Å²) in [4.78, 5) is 34.2. The number of carbonyl (C=O) groups excluding carboxylic acids is 3. The highest BCUT2D eigenvalue weighted by molar-refractivity contribution is 5.86. The van der Waals surface area contributed by atoms with Gasteiger partial charge in [-0.3, -0.25) is 0 Å². The third kappa shape index (κ3) is 5.06. The predicted molar refractivity (Wildman–Crippen MR) is 71.5 cm³/mol. The number of aliphatic hydroxyl groups is 1. The Kier molecular flexibility index (Phi) is 6.84. The normalized spacial score (nSPS) is 12.7. The van der Waals surface area contributed by atoms with Crippen molar-refractivity contribution in [3.63, 3.8) is 0 Å². The molecule has 0 saturated heterocycles. The number of ether oxygens (including phenoxy) is 4. The average Bonchev–Trinajstić information content (AvgIpc) is 2.56. The minimum atomic E-state index is -2.01. The summed E-state index contributed by atoms with van der Waals surface area (Å²) >= 11 is 0. The fourth-order valence-corrected chi connectivity index (χ4v) is 1.46. The highest BCUT2D eigenvalue weighted by Crippen LogP contribution is 2.08. The molecule has 0 heterocycles. The number of carbonyl (C=O) groups is 3. The van der Waals surface area contributed by atoms with E-state index in [1.807, 2.05) is 0 Å². The molecule has 1 aromatic carbocycles. The van der Waals surface area contributed by atoms with Crippen molar-refractivity contribution in [2.45, 2.75) is 18.8 Å². The smallest absolute Gasteiger partial charge is 0.467 e. The number of hydrogen-bond donors (Lipinski definition) is 1. The Balaban J connectivity index is 2.63. The molecule has 1 aromatic rings. The molecular formula is C14H16O8. The van der Waals surface area contributed by atoms with Gasteiger partial charge in [-0.05, 0) is 5.56 Å². The van der Waals surface area contributed by atoms with Crippen LogP contribution in [0.2, 0.25) is 0 Å². The summed E-state index contributed by atoms with van der Waals surface area (Å²) in [7, 11) is 2.02. The summed E-state index contributed by atoms with van der Waals surface area (Å²) in [5.74, 6) is -2.26. The second-order valence-corrected chi connectivity index (χ2v) is 4.05. The van der Waals surface area contributed by atoms with Gasteiger partial charge in [0.15, 0.2) is 6.10 Å². The number of rotatable bonds is 6. The van der Waals surface area contributed by atoms with Crippen LogP contribution in [0.3, 0.4) is 0 Å². The first-order chi connectivity index (χ1) is 10.5. The van der Waals surface area contributed by atoms with Crippen molar-refractivity contribution in [2.75, 3.05) is 14.2 Å². The quantitative estimate of drug-likeness (QED) is 0.594. The molecule has 2 atom stereocenters. The summed E-state index contributed by atoms with van der Waals surface area (Å²) in [6, 6.07) is 8.73. The van der Waals surface area contributed by atoms with Gasteiger partial charge in [-0.1, -0.05) is 30.3 Å². The van der Waals surface area contributed by atoms with Crippen molar-refractivity contribution in [3.8, 4) is 0 Å². The van der Waals surface area contributed by atoms with Gasteiger partial charge in [0, 0.05) is 0 Å². The van der Waals surface area contributed by atoms with E-state index in [9.17, 15) is 19.5 Å². The van der Waals surface area contributed by atoms with E-state index in [0.29, 0.717) is 5.56 Å². The Morgan fingerprint density at radius 2 is 1.64 bits per heavy atom. The lowest BCUT2D eigenvalue weighted by atomic mass is 10.2. The molecule has 0 saturated carbocycles. The van der Waals surface area contributed by atoms with Crippen molar-refractivity contribution in [3.05, 3.63) is 35.9 Å². The van der Waals surface area contributed by atoms with Crippen molar-refractivity contribution >= 4 is 18.1 Å². The highest BCUT2D eigenvalue weighted by Gasteiger charge is 2.38. The maximum absolute atomic E-state index is 11.5. The number of hydrogen-bond acceptors (Lipinski definition) is 8. The van der Waals surface area contributed by atoms with E-state index in [-0.39, 0.29) is 6.61 Å². The first-order valence-corrected chi connectivity index (χ1v) is 6.20. The Bertz CT molecular complexity index is 513. The molecule has 0 aromatic heterocycles. The first-order valence-electron chi connectivity index (χ1n) is 6.20. The average molecular weight is 312 g/mol. The zero-order valence-corrected chi connectivity index (χ0v) is 12.1. The fraction of sp³-hybridized carbons (Fsp3) is 0.357. The van der Waals surface area contributed by atoms with Crippen LogP contribution in [0.15, 0.2) is 30.3 Å². The van der Waals surface area contributed by atoms with Crippen LogP contribution >= 0.6 is 0 Å². The Morgan fingerprint density at radius 1 is 1.05 bits per heavy atom. The molecule has 0 bridgehead atoms. The minimum Gasteiger partial charge on any atom is -0.467 e. The van der Waals surface area contributed by atoms with E-state index in [2.05, 4.69) is 14.2 Å². The van der Waals surface area contributed by atoms with Crippen molar-refractivity contribution in [1.82, 2.24) is 0 Å². The van der Waals surface area contributed by atoms with E-state index < -0.39 is 30.3 Å². The molecule has 120 valence electrons. The maximum atomic E-state index is 11.5. The van der Waals surface area contributed by atoms with Gasteiger partial charge in [-0.2, -0.15) is 0 Å². The summed E-state index contributed by atoms with van der Waals surface area (Å²) in [6.45, 7) is -0.0954. The van der Waals surface area contributed by atoms with Crippen LogP contribution in [-0.2, 0) is 35.1 Å². The van der Waals surface area contributed by atoms with Crippen molar-refractivity contribution < 1.29 is 38.4 Å². The predicted octanol–water partition coefficient (Wildman–Crippen LogP) is 0.415. The molecule has 1 rings (SSSR count). The van der Waals surface area contributed by atoms with Gasteiger partial charge in [0.1, 0.15) is 6.61 Å². The van der Waals surface area contributed by atoms with Crippen molar-refractivity contribution in [1.29, 1.82) is 0 Å². The van der Waals surface area contributed by atoms with Crippen LogP contribution in [0.25, 0.3) is 0 Å². The SMILES string of the molecule is COC(=O)C(O)C(OC(=O)OCc1ccccc1)C(=O)OC. The monoisotopic (exact) mass is 312 g/mol. The Labute approximate surface area is 126 Å². The zero-order chi connectivity index (χ0) is 16.5. The summed E-state index contributed by atoms with van der Waals surface area (Å²) in [6.07, 6.45) is -5.12. The number of methoxy groups -OCH3 is 2. The molecular weight excluding hydrogens is 296 g/mol. The first kappa shape index (κ1) is 17.4. The lowest BCUT2D eigenvalue weighted by Gasteiger charge is -2.18. The van der Waals surface area contributed by atoms with Gasteiger partial charge < -0.3 is 24.1 Å². The number of benzene rings is 1. The van der Waals surface area contributed by atoms with Gasteiger partial charge in [-0.25, -0.2) is 14.4 Å². The fourth-order valence-electron chi connectivity index (χ4n) is 1.46. The van der Waals surface area contributed by atoms with E-state index >= 15 is 0 Å². The lowest BCUT2D eigenvalue weighted by molar-refractivity contribution is -0.171. The standard InChI is InChI=1S/C14H16O8/c1-19-12(16)10(15)11(13(17)20-2)22-14(18)21-8-9-6-4-3-5-7-9/h3-7,10-11,15H,8H2,1-2H3. The molecule has 8 nitrogen and oxygen atoms in total. The third-order valence-corrected chi connectivity index (χ3v) is 2.59. The van der Waals surface area contributed by atoms with Crippen molar-refractivity contribution in [2.24, 2.45) is 0 Å².